The fourth-order valence-electron chi connectivity index (χ4n) is 1.13. The molecule has 3 heteroatoms. The first-order valence-electron chi connectivity index (χ1n) is 5.85. The van der Waals surface area contributed by atoms with E-state index in [9.17, 15) is 0 Å². The predicted molar refractivity (Wildman–Crippen MR) is 66.4 cm³/mol. The van der Waals surface area contributed by atoms with Gasteiger partial charge in [-0.25, -0.2) is 0 Å². The summed E-state index contributed by atoms with van der Waals surface area (Å²) in [5.41, 5.74) is 0. The van der Waals surface area contributed by atoms with Crippen LogP contribution in [0.5, 0.6) is 0 Å². The van der Waals surface area contributed by atoms with Crippen molar-refractivity contribution in [3.63, 3.8) is 0 Å². The van der Waals surface area contributed by atoms with Gasteiger partial charge in [0.1, 0.15) is 0 Å². The molecule has 0 aromatic carbocycles. The van der Waals surface area contributed by atoms with Crippen LogP contribution in [0.3, 0.4) is 0 Å². The van der Waals surface area contributed by atoms with Crippen molar-refractivity contribution in [2.45, 2.75) is 38.8 Å². The molecule has 0 spiro atoms. The van der Waals surface area contributed by atoms with Crippen LogP contribution >= 0.6 is 0 Å². The molecule has 0 N–H and O–H groups in total. The third-order valence-corrected chi connectivity index (χ3v) is 3.12. The van der Waals surface area contributed by atoms with Crippen LogP contribution in [0.15, 0.2) is 0 Å². The Bertz CT molecular complexity index is 133. The monoisotopic (exact) mass is 216 g/mol. The van der Waals surface area contributed by atoms with E-state index in [0.29, 0.717) is 12.1 Å². The first-order valence-corrected chi connectivity index (χ1v) is 5.85. The molecular formula is C12H28N2O. The summed E-state index contributed by atoms with van der Waals surface area (Å²) in [7, 11) is 8.44. The lowest BCUT2D eigenvalue weighted by atomic mass is 10.2. The lowest BCUT2D eigenvalue weighted by Gasteiger charge is -2.21. The number of ether oxygens (including phenoxy) is 1. The first-order chi connectivity index (χ1) is 6.95. The van der Waals surface area contributed by atoms with E-state index < -0.39 is 0 Å². The van der Waals surface area contributed by atoms with Crippen LogP contribution in [-0.4, -0.2) is 63.3 Å². The minimum absolute atomic E-state index is 0.608. The summed E-state index contributed by atoms with van der Waals surface area (Å²) in [6.45, 7) is 6.20. The van der Waals surface area contributed by atoms with Gasteiger partial charge in [0.15, 0.2) is 0 Å². The summed E-state index contributed by atoms with van der Waals surface area (Å²) >= 11 is 0. The fourth-order valence-corrected chi connectivity index (χ4v) is 1.13. The molecule has 0 amide bonds. The zero-order valence-electron chi connectivity index (χ0n) is 11.3. The van der Waals surface area contributed by atoms with Crippen molar-refractivity contribution in [1.82, 2.24) is 9.80 Å². The number of hydrogen-bond donors (Lipinski definition) is 0. The normalized spacial score (nSPS) is 16.0. The molecule has 0 bridgehead atoms. The predicted octanol–water partition coefficient (Wildman–Crippen LogP) is 1.68. The van der Waals surface area contributed by atoms with Crippen LogP contribution in [-0.2, 0) is 4.74 Å². The minimum Gasteiger partial charge on any atom is -0.381 e. The van der Waals surface area contributed by atoms with Crippen molar-refractivity contribution in [3.05, 3.63) is 0 Å². The van der Waals surface area contributed by atoms with Gasteiger partial charge in [-0.3, -0.25) is 0 Å². The second kappa shape index (κ2) is 8.08. The van der Waals surface area contributed by atoms with Gasteiger partial charge < -0.3 is 14.5 Å². The van der Waals surface area contributed by atoms with E-state index in [2.05, 4.69) is 51.8 Å². The van der Waals surface area contributed by atoms with Crippen LogP contribution in [0.25, 0.3) is 0 Å². The van der Waals surface area contributed by atoms with E-state index in [1.54, 1.807) is 0 Å². The maximum atomic E-state index is 5.62. The highest BCUT2D eigenvalue weighted by Gasteiger charge is 2.05. The number of nitrogens with zero attached hydrogens (tertiary/aromatic N) is 2. The van der Waals surface area contributed by atoms with E-state index in [0.717, 1.165) is 26.1 Å². The molecule has 0 radical (unpaired) electrons. The highest BCUT2D eigenvalue weighted by atomic mass is 16.5. The van der Waals surface area contributed by atoms with Crippen LogP contribution in [0, 0.1) is 0 Å². The lowest BCUT2D eigenvalue weighted by molar-refractivity contribution is 0.0973. The first kappa shape index (κ1) is 14.9. The summed E-state index contributed by atoms with van der Waals surface area (Å²) in [5, 5.41) is 0. The maximum absolute atomic E-state index is 5.62. The molecule has 0 aliphatic rings. The maximum Gasteiger partial charge on any atom is 0.0480 e. The molecular weight excluding hydrogens is 188 g/mol. The van der Waals surface area contributed by atoms with Crippen LogP contribution in [0.4, 0.5) is 0 Å². The Balaban J connectivity index is 3.32. The minimum atomic E-state index is 0.608. The standard InChI is InChI=1S/C12H28N2O/c1-11(13(3)4)7-9-15-10-8-12(2)14(5)6/h11-12H,7-10H2,1-6H3. The number of rotatable bonds is 8. The summed E-state index contributed by atoms with van der Waals surface area (Å²) in [6.07, 6.45) is 2.23. The van der Waals surface area contributed by atoms with Gasteiger partial charge in [0.25, 0.3) is 0 Å². The fraction of sp³-hybridized carbons (Fsp3) is 1.00. The van der Waals surface area contributed by atoms with Gasteiger partial charge in [-0.1, -0.05) is 0 Å². The van der Waals surface area contributed by atoms with E-state index in [1.165, 1.54) is 0 Å². The Kier molecular flexibility index (Phi) is 8.02. The van der Waals surface area contributed by atoms with Gasteiger partial charge in [0.2, 0.25) is 0 Å². The average molecular weight is 216 g/mol. The summed E-state index contributed by atoms with van der Waals surface area (Å²) in [4.78, 5) is 4.46. The van der Waals surface area contributed by atoms with Gasteiger partial charge in [-0.2, -0.15) is 0 Å². The van der Waals surface area contributed by atoms with Crippen molar-refractivity contribution in [2.75, 3.05) is 41.4 Å². The molecule has 0 heterocycles. The topological polar surface area (TPSA) is 15.7 Å². The average Bonchev–Trinajstić information content (AvgIpc) is 2.16. The Morgan fingerprint density at radius 2 is 1.13 bits per heavy atom. The van der Waals surface area contributed by atoms with Crippen molar-refractivity contribution in [2.24, 2.45) is 0 Å². The van der Waals surface area contributed by atoms with Gasteiger partial charge in [-0.15, -0.1) is 0 Å². The molecule has 0 aliphatic carbocycles. The molecule has 0 saturated carbocycles. The quantitative estimate of drug-likeness (QED) is 0.574. The SMILES string of the molecule is CC(CCOCCC(C)N(C)C)N(C)C. The molecule has 0 aliphatic heterocycles. The Morgan fingerprint density at radius 3 is 1.40 bits per heavy atom. The van der Waals surface area contributed by atoms with Crippen LogP contribution in [0.2, 0.25) is 0 Å². The molecule has 0 saturated heterocycles. The molecule has 0 aromatic rings. The Labute approximate surface area is 95.4 Å². The van der Waals surface area contributed by atoms with Crippen molar-refractivity contribution >= 4 is 0 Å². The molecule has 0 aromatic heterocycles. The van der Waals surface area contributed by atoms with E-state index in [4.69, 9.17) is 4.74 Å². The van der Waals surface area contributed by atoms with Crippen LogP contribution in [0.1, 0.15) is 26.7 Å². The molecule has 0 rings (SSSR count). The van der Waals surface area contributed by atoms with E-state index in [1.807, 2.05) is 0 Å². The third-order valence-electron chi connectivity index (χ3n) is 3.12. The molecule has 0 fully saturated rings. The van der Waals surface area contributed by atoms with Crippen molar-refractivity contribution in [1.29, 1.82) is 0 Å². The van der Waals surface area contributed by atoms with Crippen LogP contribution < -0.4 is 0 Å². The molecule has 3 nitrogen and oxygen atoms in total. The summed E-state index contributed by atoms with van der Waals surface area (Å²) in [6, 6.07) is 1.22. The lowest BCUT2D eigenvalue weighted by Crippen LogP contribution is -2.27. The molecule has 92 valence electrons. The molecule has 2 unspecified atom stereocenters. The van der Waals surface area contributed by atoms with Gasteiger partial charge in [0, 0.05) is 25.3 Å². The highest BCUT2D eigenvalue weighted by Crippen LogP contribution is 2.01. The zero-order valence-corrected chi connectivity index (χ0v) is 11.3. The summed E-state index contributed by atoms with van der Waals surface area (Å²) in [5.74, 6) is 0. The Hall–Kier alpha value is -0.120. The van der Waals surface area contributed by atoms with E-state index in [-0.39, 0.29) is 0 Å². The van der Waals surface area contributed by atoms with E-state index >= 15 is 0 Å². The number of hydrogen-bond acceptors (Lipinski definition) is 3. The second-order valence-electron chi connectivity index (χ2n) is 4.81. The van der Waals surface area contributed by atoms with Gasteiger partial charge >= 0.3 is 0 Å². The van der Waals surface area contributed by atoms with Crippen molar-refractivity contribution in [3.8, 4) is 0 Å². The zero-order chi connectivity index (χ0) is 11.8. The summed E-state index contributed by atoms with van der Waals surface area (Å²) < 4.78 is 5.62. The van der Waals surface area contributed by atoms with Crippen molar-refractivity contribution < 1.29 is 4.74 Å². The largest absolute Gasteiger partial charge is 0.381 e. The van der Waals surface area contributed by atoms with Gasteiger partial charge in [0.05, 0.1) is 0 Å². The van der Waals surface area contributed by atoms with Gasteiger partial charge in [-0.05, 0) is 54.9 Å². The third kappa shape index (κ3) is 7.77. The Morgan fingerprint density at radius 1 is 0.800 bits per heavy atom. The molecule has 15 heavy (non-hydrogen) atoms. The second-order valence-corrected chi connectivity index (χ2v) is 4.81. The smallest absolute Gasteiger partial charge is 0.0480 e. The highest BCUT2D eigenvalue weighted by molar-refractivity contribution is 4.60. The molecule has 2 atom stereocenters.